The van der Waals surface area contributed by atoms with E-state index in [1.807, 2.05) is 0 Å². The second-order valence-electron chi connectivity index (χ2n) is 11.1. The lowest BCUT2D eigenvalue weighted by atomic mass is 9.44. The lowest BCUT2D eigenvalue weighted by molar-refractivity contribution is -0.139. The van der Waals surface area contributed by atoms with Gasteiger partial charge in [0.2, 0.25) is 0 Å². The van der Waals surface area contributed by atoms with E-state index in [1.165, 1.54) is 51.4 Å². The Labute approximate surface area is 161 Å². The SMILES string of the molecule is CC(C)COC1CCC2CCC3C4CCC(C#N)C4(C)CCC3C2(C)C1. The van der Waals surface area contributed by atoms with Crippen LogP contribution in [0.15, 0.2) is 0 Å². The molecule has 2 heteroatoms. The molecule has 0 saturated heterocycles. The lowest BCUT2D eigenvalue weighted by Crippen LogP contribution is -2.54. The van der Waals surface area contributed by atoms with Crippen molar-refractivity contribution in [3.63, 3.8) is 0 Å². The second-order valence-corrected chi connectivity index (χ2v) is 11.1. The van der Waals surface area contributed by atoms with Gasteiger partial charge in [-0.05, 0) is 98.2 Å². The fraction of sp³-hybridized carbons (Fsp3) is 0.958. The van der Waals surface area contributed by atoms with E-state index in [2.05, 4.69) is 33.8 Å². The number of rotatable bonds is 3. The molecule has 4 rings (SSSR count). The number of nitrogens with zero attached hydrogens (tertiary/aromatic N) is 1. The van der Waals surface area contributed by atoms with Gasteiger partial charge in [0, 0.05) is 6.61 Å². The highest BCUT2D eigenvalue weighted by Crippen LogP contribution is 2.67. The molecular weight excluding hydrogens is 318 g/mol. The van der Waals surface area contributed by atoms with Crippen LogP contribution in [0.2, 0.25) is 0 Å². The zero-order valence-corrected chi connectivity index (χ0v) is 17.5. The molecule has 2 nitrogen and oxygen atoms in total. The summed E-state index contributed by atoms with van der Waals surface area (Å²) in [4.78, 5) is 0. The molecule has 0 N–H and O–H groups in total. The fourth-order valence-corrected chi connectivity index (χ4v) is 7.99. The first-order chi connectivity index (χ1) is 12.4. The smallest absolute Gasteiger partial charge is 0.0661 e. The number of nitriles is 1. The molecule has 4 fully saturated rings. The molecule has 4 saturated carbocycles. The van der Waals surface area contributed by atoms with Crippen LogP contribution in [0.3, 0.4) is 0 Å². The Morgan fingerprint density at radius 1 is 0.962 bits per heavy atom. The van der Waals surface area contributed by atoms with E-state index < -0.39 is 0 Å². The maximum atomic E-state index is 9.68. The summed E-state index contributed by atoms with van der Waals surface area (Å²) in [5.74, 6) is 4.42. The Morgan fingerprint density at radius 3 is 2.42 bits per heavy atom. The topological polar surface area (TPSA) is 33.0 Å². The van der Waals surface area contributed by atoms with Gasteiger partial charge in [0.15, 0.2) is 0 Å². The number of hydrogen-bond acceptors (Lipinski definition) is 2. The quantitative estimate of drug-likeness (QED) is 0.601. The van der Waals surface area contributed by atoms with E-state index >= 15 is 0 Å². The summed E-state index contributed by atoms with van der Waals surface area (Å²) >= 11 is 0. The van der Waals surface area contributed by atoms with Crippen molar-refractivity contribution in [3.8, 4) is 6.07 Å². The van der Waals surface area contributed by atoms with Crippen molar-refractivity contribution in [3.05, 3.63) is 0 Å². The summed E-state index contributed by atoms with van der Waals surface area (Å²) in [7, 11) is 0. The Balaban J connectivity index is 1.53. The van der Waals surface area contributed by atoms with E-state index in [0.717, 1.165) is 36.7 Å². The fourth-order valence-electron chi connectivity index (χ4n) is 7.99. The van der Waals surface area contributed by atoms with Crippen LogP contribution < -0.4 is 0 Å². The van der Waals surface area contributed by atoms with Gasteiger partial charge in [-0.2, -0.15) is 5.26 Å². The van der Waals surface area contributed by atoms with Crippen molar-refractivity contribution >= 4 is 0 Å². The molecule has 0 aromatic heterocycles. The molecule has 0 radical (unpaired) electrons. The number of hydrogen-bond donors (Lipinski definition) is 0. The molecule has 8 atom stereocenters. The highest BCUT2D eigenvalue weighted by Gasteiger charge is 2.60. The molecule has 4 aliphatic rings. The van der Waals surface area contributed by atoms with Gasteiger partial charge in [-0.1, -0.05) is 27.7 Å². The van der Waals surface area contributed by atoms with Gasteiger partial charge >= 0.3 is 0 Å². The van der Waals surface area contributed by atoms with Gasteiger partial charge in [0.05, 0.1) is 18.1 Å². The Morgan fingerprint density at radius 2 is 1.69 bits per heavy atom. The zero-order chi connectivity index (χ0) is 18.5. The number of fused-ring (bicyclic) bond motifs is 5. The Kier molecular flexibility index (Phi) is 4.92. The van der Waals surface area contributed by atoms with Crippen molar-refractivity contribution in [2.45, 2.75) is 91.6 Å². The van der Waals surface area contributed by atoms with Crippen LogP contribution in [-0.2, 0) is 4.74 Å². The third-order valence-electron chi connectivity index (χ3n) is 9.39. The Bertz CT molecular complexity index is 565. The summed E-state index contributed by atoms with van der Waals surface area (Å²) in [6.45, 7) is 10.5. The molecule has 0 spiro atoms. The standard InChI is InChI=1S/C24H39NO/c1-16(2)15-26-19-8-5-17-6-9-20-21-10-7-18(14-25)23(21,3)12-11-22(20)24(17,4)13-19/h16-22H,5-13,15H2,1-4H3. The molecule has 8 unspecified atom stereocenters. The highest BCUT2D eigenvalue weighted by molar-refractivity contribution is 5.12. The minimum absolute atomic E-state index is 0.307. The maximum absolute atomic E-state index is 9.68. The molecule has 0 bridgehead atoms. The van der Waals surface area contributed by atoms with Gasteiger partial charge < -0.3 is 4.74 Å². The minimum atomic E-state index is 0.307. The summed E-state index contributed by atoms with van der Waals surface area (Å²) in [5.41, 5.74) is 0.788. The largest absolute Gasteiger partial charge is 0.378 e. The normalized spacial score (nSPS) is 50.6. The average molecular weight is 358 g/mol. The molecule has 0 aliphatic heterocycles. The molecule has 0 heterocycles. The van der Waals surface area contributed by atoms with E-state index in [-0.39, 0.29) is 0 Å². The van der Waals surface area contributed by atoms with Crippen LogP contribution in [0.4, 0.5) is 0 Å². The van der Waals surface area contributed by atoms with Gasteiger partial charge in [-0.25, -0.2) is 0 Å². The lowest BCUT2D eigenvalue weighted by Gasteiger charge is -2.61. The average Bonchev–Trinajstić information content (AvgIpc) is 2.95. The van der Waals surface area contributed by atoms with Crippen LogP contribution in [0.5, 0.6) is 0 Å². The summed E-state index contributed by atoms with van der Waals surface area (Å²) < 4.78 is 6.34. The van der Waals surface area contributed by atoms with Gasteiger partial charge in [-0.15, -0.1) is 0 Å². The van der Waals surface area contributed by atoms with E-state index in [0.29, 0.717) is 28.8 Å². The summed E-state index contributed by atoms with van der Waals surface area (Å²) in [6, 6.07) is 2.68. The first-order valence-corrected chi connectivity index (χ1v) is 11.4. The summed E-state index contributed by atoms with van der Waals surface area (Å²) in [6.07, 6.45) is 12.4. The minimum Gasteiger partial charge on any atom is -0.378 e. The van der Waals surface area contributed by atoms with Crippen LogP contribution in [0.25, 0.3) is 0 Å². The highest BCUT2D eigenvalue weighted by atomic mass is 16.5. The Hall–Kier alpha value is -0.550. The van der Waals surface area contributed by atoms with Crippen LogP contribution in [0.1, 0.15) is 85.5 Å². The van der Waals surface area contributed by atoms with Crippen LogP contribution >= 0.6 is 0 Å². The van der Waals surface area contributed by atoms with E-state index in [4.69, 9.17) is 4.74 Å². The van der Waals surface area contributed by atoms with Crippen molar-refractivity contribution in [1.29, 1.82) is 5.26 Å². The first kappa shape index (κ1) is 18.8. The summed E-state index contributed by atoms with van der Waals surface area (Å²) in [5, 5.41) is 9.68. The molecule has 146 valence electrons. The molecular formula is C24H39NO. The predicted octanol–water partition coefficient (Wildman–Crippen LogP) is 6.21. The van der Waals surface area contributed by atoms with Crippen LogP contribution in [0, 0.1) is 57.7 Å². The maximum Gasteiger partial charge on any atom is 0.0661 e. The van der Waals surface area contributed by atoms with Gasteiger partial charge in [0.1, 0.15) is 0 Å². The van der Waals surface area contributed by atoms with Crippen LogP contribution in [-0.4, -0.2) is 12.7 Å². The van der Waals surface area contributed by atoms with Crippen molar-refractivity contribution < 1.29 is 4.74 Å². The predicted molar refractivity (Wildman–Crippen MR) is 105 cm³/mol. The molecule has 26 heavy (non-hydrogen) atoms. The monoisotopic (exact) mass is 357 g/mol. The third kappa shape index (κ3) is 2.85. The zero-order valence-electron chi connectivity index (χ0n) is 17.5. The van der Waals surface area contributed by atoms with Crippen molar-refractivity contribution in [2.24, 2.45) is 46.3 Å². The third-order valence-corrected chi connectivity index (χ3v) is 9.39. The second kappa shape index (κ2) is 6.80. The molecule has 0 aromatic rings. The van der Waals surface area contributed by atoms with Gasteiger partial charge in [0.25, 0.3) is 0 Å². The molecule has 0 amide bonds. The molecule has 0 aromatic carbocycles. The first-order valence-electron chi connectivity index (χ1n) is 11.4. The molecule has 4 aliphatic carbocycles. The number of ether oxygens (including phenoxy) is 1. The van der Waals surface area contributed by atoms with Crippen molar-refractivity contribution in [2.75, 3.05) is 6.61 Å². The van der Waals surface area contributed by atoms with Crippen molar-refractivity contribution in [1.82, 2.24) is 0 Å². The van der Waals surface area contributed by atoms with E-state index in [1.54, 1.807) is 0 Å². The van der Waals surface area contributed by atoms with Gasteiger partial charge in [-0.3, -0.25) is 0 Å². The van der Waals surface area contributed by atoms with E-state index in [9.17, 15) is 5.26 Å².